The molecule has 0 saturated carbocycles. The van der Waals surface area contributed by atoms with Crippen LogP contribution in [0.4, 0.5) is 0 Å². The Kier molecular flexibility index (Phi) is 6.52. The van der Waals surface area contributed by atoms with Gasteiger partial charge in [0, 0.05) is 18.2 Å². The Balaban J connectivity index is 2.08. The average molecular weight is 354 g/mol. The molecule has 2 rings (SSSR count). The molecule has 0 aromatic heterocycles. The minimum atomic E-state index is -0.989. The number of hydrogen-bond donors (Lipinski definition) is 3. The second kappa shape index (κ2) is 8.63. The summed E-state index contributed by atoms with van der Waals surface area (Å²) in [5.41, 5.74) is 1.35. The van der Waals surface area contributed by atoms with Crippen molar-refractivity contribution in [3.05, 3.63) is 71.3 Å². The van der Waals surface area contributed by atoms with Crippen LogP contribution < -0.4 is 10.6 Å². The van der Waals surface area contributed by atoms with Crippen LogP contribution in [0.5, 0.6) is 0 Å². The van der Waals surface area contributed by atoms with Gasteiger partial charge in [0.1, 0.15) is 0 Å². The second-order valence-corrected chi connectivity index (χ2v) is 6.93. The Morgan fingerprint density at radius 3 is 2.19 bits per heavy atom. The number of hydrogen-bond acceptors (Lipinski definition) is 3. The van der Waals surface area contributed by atoms with Crippen molar-refractivity contribution in [2.24, 2.45) is 0 Å². The van der Waals surface area contributed by atoms with Crippen molar-refractivity contribution >= 4 is 11.9 Å². The van der Waals surface area contributed by atoms with E-state index < -0.39 is 11.4 Å². The van der Waals surface area contributed by atoms with Gasteiger partial charge in [0.25, 0.3) is 5.91 Å². The number of likely N-dealkylation sites (N-methyl/N-ethyl adjacent to an activating group) is 1. The van der Waals surface area contributed by atoms with E-state index in [0.29, 0.717) is 17.7 Å². The Labute approximate surface area is 154 Å². The molecule has 0 aliphatic heterocycles. The molecule has 2 aromatic rings. The first-order chi connectivity index (χ1) is 12.3. The molecule has 5 heteroatoms. The van der Waals surface area contributed by atoms with Crippen LogP contribution in [0.1, 0.15) is 35.3 Å². The zero-order valence-electron chi connectivity index (χ0n) is 15.5. The summed E-state index contributed by atoms with van der Waals surface area (Å²) < 4.78 is 0. The summed E-state index contributed by atoms with van der Waals surface area (Å²) in [5.74, 6) is -1.06. The number of amides is 1. The summed E-state index contributed by atoms with van der Waals surface area (Å²) in [7, 11) is 1.85. The topological polar surface area (TPSA) is 78.4 Å². The number of carboxylic acids is 1. The Morgan fingerprint density at radius 1 is 1.04 bits per heavy atom. The summed E-state index contributed by atoms with van der Waals surface area (Å²) in [5, 5.41) is 15.5. The molecular weight excluding hydrogens is 328 g/mol. The third-order valence-corrected chi connectivity index (χ3v) is 4.51. The van der Waals surface area contributed by atoms with Crippen LogP contribution in [0, 0.1) is 0 Å². The second-order valence-electron chi connectivity index (χ2n) is 6.93. The molecule has 1 atom stereocenters. The van der Waals surface area contributed by atoms with E-state index in [1.165, 1.54) is 0 Å². The first kappa shape index (κ1) is 19.7. The quantitative estimate of drug-likeness (QED) is 0.681. The zero-order valence-corrected chi connectivity index (χ0v) is 15.5. The third kappa shape index (κ3) is 4.92. The molecule has 0 aliphatic carbocycles. The maximum Gasteiger partial charge on any atom is 0.313 e. The molecule has 0 aliphatic rings. The predicted octanol–water partition coefficient (Wildman–Crippen LogP) is 2.61. The highest BCUT2D eigenvalue weighted by Gasteiger charge is 2.29. The fraction of sp³-hybridized carbons (Fsp3) is 0.333. The predicted molar refractivity (Wildman–Crippen MR) is 102 cm³/mol. The molecule has 26 heavy (non-hydrogen) atoms. The zero-order chi connectivity index (χ0) is 19.2. The van der Waals surface area contributed by atoms with E-state index in [0.717, 1.165) is 12.0 Å². The SMILES string of the molecule is CNCC(Cc1ccccc1)NC(=O)c1ccc(C(C)(C)C(=O)O)cc1. The normalized spacial score (nSPS) is 12.4. The lowest BCUT2D eigenvalue weighted by atomic mass is 9.84. The van der Waals surface area contributed by atoms with E-state index >= 15 is 0 Å². The average Bonchev–Trinajstić information content (AvgIpc) is 2.62. The minimum absolute atomic E-state index is 0.0370. The van der Waals surface area contributed by atoms with Crippen molar-refractivity contribution in [2.75, 3.05) is 13.6 Å². The van der Waals surface area contributed by atoms with Crippen LogP contribution >= 0.6 is 0 Å². The summed E-state index contributed by atoms with van der Waals surface area (Å²) in [6.45, 7) is 3.95. The smallest absolute Gasteiger partial charge is 0.313 e. The van der Waals surface area contributed by atoms with Gasteiger partial charge in [-0.25, -0.2) is 0 Å². The number of carbonyl (C=O) groups is 2. The van der Waals surface area contributed by atoms with Gasteiger partial charge in [-0.2, -0.15) is 0 Å². The monoisotopic (exact) mass is 354 g/mol. The molecule has 0 saturated heterocycles. The molecule has 138 valence electrons. The minimum Gasteiger partial charge on any atom is -0.481 e. The highest BCUT2D eigenvalue weighted by atomic mass is 16.4. The van der Waals surface area contributed by atoms with Gasteiger partial charge in [-0.1, -0.05) is 42.5 Å². The van der Waals surface area contributed by atoms with Crippen LogP contribution in [-0.2, 0) is 16.6 Å². The van der Waals surface area contributed by atoms with Crippen LogP contribution in [0.2, 0.25) is 0 Å². The number of rotatable bonds is 8. The van der Waals surface area contributed by atoms with Gasteiger partial charge in [-0.15, -0.1) is 0 Å². The fourth-order valence-corrected chi connectivity index (χ4v) is 2.75. The van der Waals surface area contributed by atoms with Crippen molar-refractivity contribution in [3.63, 3.8) is 0 Å². The van der Waals surface area contributed by atoms with Crippen molar-refractivity contribution in [1.82, 2.24) is 10.6 Å². The Morgan fingerprint density at radius 2 is 1.65 bits per heavy atom. The third-order valence-electron chi connectivity index (χ3n) is 4.51. The largest absolute Gasteiger partial charge is 0.481 e. The molecule has 2 aromatic carbocycles. The van der Waals surface area contributed by atoms with Crippen molar-refractivity contribution in [3.8, 4) is 0 Å². The lowest BCUT2D eigenvalue weighted by Gasteiger charge is -2.21. The fourth-order valence-electron chi connectivity index (χ4n) is 2.75. The molecule has 1 amide bonds. The van der Waals surface area contributed by atoms with E-state index in [9.17, 15) is 14.7 Å². The molecular formula is C21H26N2O3. The summed E-state index contributed by atoms with van der Waals surface area (Å²) in [6.07, 6.45) is 0.734. The lowest BCUT2D eigenvalue weighted by molar-refractivity contribution is -0.142. The summed E-state index contributed by atoms with van der Waals surface area (Å²) in [6, 6.07) is 16.7. The Bertz CT molecular complexity index is 740. The summed E-state index contributed by atoms with van der Waals surface area (Å²) >= 11 is 0. The van der Waals surface area contributed by atoms with Gasteiger partial charge < -0.3 is 15.7 Å². The molecule has 0 heterocycles. The van der Waals surface area contributed by atoms with Gasteiger partial charge >= 0.3 is 5.97 Å². The van der Waals surface area contributed by atoms with Crippen LogP contribution in [0.3, 0.4) is 0 Å². The van der Waals surface area contributed by atoms with E-state index in [2.05, 4.69) is 10.6 Å². The number of aliphatic carboxylic acids is 1. The highest BCUT2D eigenvalue weighted by molar-refractivity contribution is 5.94. The van der Waals surface area contributed by atoms with Crippen molar-refractivity contribution in [1.29, 1.82) is 0 Å². The van der Waals surface area contributed by atoms with Gasteiger partial charge in [0.05, 0.1) is 5.41 Å². The summed E-state index contributed by atoms with van der Waals surface area (Å²) in [4.78, 5) is 23.9. The maximum atomic E-state index is 12.6. The molecule has 5 nitrogen and oxygen atoms in total. The van der Waals surface area contributed by atoms with Gasteiger partial charge in [0.15, 0.2) is 0 Å². The van der Waals surface area contributed by atoms with Crippen LogP contribution in [-0.4, -0.2) is 36.6 Å². The van der Waals surface area contributed by atoms with Crippen LogP contribution in [0.25, 0.3) is 0 Å². The van der Waals surface area contributed by atoms with E-state index in [1.54, 1.807) is 38.1 Å². The van der Waals surface area contributed by atoms with E-state index in [4.69, 9.17) is 0 Å². The van der Waals surface area contributed by atoms with Crippen molar-refractivity contribution in [2.45, 2.75) is 31.7 Å². The molecule has 1 unspecified atom stereocenters. The standard InChI is InChI=1S/C21H26N2O3/c1-21(2,20(25)26)17-11-9-16(10-12-17)19(24)23-18(14-22-3)13-15-7-5-4-6-8-15/h4-12,18,22H,13-14H2,1-3H3,(H,23,24)(H,25,26). The van der Waals surface area contributed by atoms with Crippen LogP contribution in [0.15, 0.2) is 54.6 Å². The van der Waals surface area contributed by atoms with E-state index in [1.807, 2.05) is 37.4 Å². The lowest BCUT2D eigenvalue weighted by Crippen LogP contribution is -2.42. The van der Waals surface area contributed by atoms with Crippen molar-refractivity contribution < 1.29 is 14.7 Å². The number of carbonyl (C=O) groups excluding carboxylic acids is 1. The number of nitrogens with one attached hydrogen (secondary N) is 2. The first-order valence-electron chi connectivity index (χ1n) is 8.68. The van der Waals surface area contributed by atoms with Gasteiger partial charge in [0.2, 0.25) is 0 Å². The first-order valence-corrected chi connectivity index (χ1v) is 8.68. The number of carboxylic acid groups (broad SMARTS) is 1. The van der Waals surface area contributed by atoms with Gasteiger partial charge in [-0.05, 0) is 50.6 Å². The molecule has 0 radical (unpaired) electrons. The van der Waals surface area contributed by atoms with E-state index in [-0.39, 0.29) is 11.9 Å². The van der Waals surface area contributed by atoms with Gasteiger partial charge in [-0.3, -0.25) is 9.59 Å². The molecule has 3 N–H and O–H groups in total. The molecule has 0 spiro atoms. The number of benzene rings is 2. The maximum absolute atomic E-state index is 12.6. The Hall–Kier alpha value is -2.66. The molecule has 0 fully saturated rings. The highest BCUT2D eigenvalue weighted by Crippen LogP contribution is 2.23. The molecule has 0 bridgehead atoms.